The minimum absolute atomic E-state index is 0.389. The predicted octanol–water partition coefficient (Wildman–Crippen LogP) is -3.88. The van der Waals surface area contributed by atoms with E-state index in [2.05, 4.69) is 10.6 Å². The lowest BCUT2D eigenvalue weighted by Gasteiger charge is -2.14. The summed E-state index contributed by atoms with van der Waals surface area (Å²) >= 11 is 0. The Morgan fingerprint density at radius 3 is 2.12 bits per heavy atom. The number of rotatable bonds is 13. The van der Waals surface area contributed by atoms with Crippen LogP contribution in [0.3, 0.4) is 0 Å². The van der Waals surface area contributed by atoms with Gasteiger partial charge in [0.05, 0.1) is 25.6 Å². The maximum atomic E-state index is 11.7. The highest BCUT2D eigenvalue weighted by Gasteiger charge is 2.22. The topological polar surface area (TPSA) is 220 Å². The van der Waals surface area contributed by atoms with Gasteiger partial charge in [-0.15, -0.1) is 0 Å². The summed E-state index contributed by atoms with van der Waals surface area (Å²) in [5, 5.41) is 15.4. The molecule has 0 aliphatic heterocycles. The van der Waals surface area contributed by atoms with Crippen molar-refractivity contribution in [1.82, 2.24) is 16.0 Å². The number of unbranched alkanes of at least 4 members (excludes halogenated alkanes) is 1. The number of aliphatic carboxylic acids is 1. The van der Waals surface area contributed by atoms with E-state index in [9.17, 15) is 24.0 Å². The molecule has 12 heteroatoms. The third-order valence-corrected chi connectivity index (χ3v) is 3.21. The fourth-order valence-electron chi connectivity index (χ4n) is 1.83. The SMILES string of the molecule is NCCCCC(N)C(=O)NCC(=O)NCC(=O)NC(CC(N)=O)C(=O)O. The minimum atomic E-state index is -1.48. The average molecular weight is 374 g/mol. The quantitative estimate of drug-likeness (QED) is 0.158. The highest BCUT2D eigenvalue weighted by molar-refractivity contribution is 5.91. The largest absolute Gasteiger partial charge is 0.480 e. The van der Waals surface area contributed by atoms with Crippen LogP contribution in [0.2, 0.25) is 0 Å². The highest BCUT2D eigenvalue weighted by Crippen LogP contribution is 1.97. The van der Waals surface area contributed by atoms with Crippen LogP contribution in [0.15, 0.2) is 0 Å². The molecule has 10 N–H and O–H groups in total. The van der Waals surface area contributed by atoms with E-state index in [-0.39, 0.29) is 6.54 Å². The molecule has 2 unspecified atom stereocenters. The number of nitrogens with two attached hydrogens (primary N) is 3. The van der Waals surface area contributed by atoms with E-state index >= 15 is 0 Å². The number of hydrogen-bond donors (Lipinski definition) is 7. The Bertz CT molecular complexity index is 526. The van der Waals surface area contributed by atoms with E-state index < -0.39 is 54.6 Å². The zero-order chi connectivity index (χ0) is 20.1. The lowest BCUT2D eigenvalue weighted by atomic mass is 10.1. The van der Waals surface area contributed by atoms with Crippen LogP contribution < -0.4 is 33.2 Å². The molecule has 0 rings (SSSR count). The van der Waals surface area contributed by atoms with Crippen LogP contribution in [0.25, 0.3) is 0 Å². The number of nitrogens with one attached hydrogen (secondary N) is 3. The smallest absolute Gasteiger partial charge is 0.326 e. The summed E-state index contributed by atoms with van der Waals surface area (Å²) < 4.78 is 0. The van der Waals surface area contributed by atoms with Crippen molar-refractivity contribution in [3.8, 4) is 0 Å². The molecule has 0 aromatic carbocycles. The number of carbonyl (C=O) groups is 5. The van der Waals surface area contributed by atoms with Crippen molar-refractivity contribution in [3.63, 3.8) is 0 Å². The molecule has 0 aromatic rings. The molecule has 0 bridgehead atoms. The zero-order valence-corrected chi connectivity index (χ0v) is 14.3. The molecule has 0 fully saturated rings. The van der Waals surface area contributed by atoms with Crippen molar-refractivity contribution in [1.29, 1.82) is 0 Å². The van der Waals surface area contributed by atoms with Gasteiger partial charge in [-0.2, -0.15) is 0 Å². The average Bonchev–Trinajstić information content (AvgIpc) is 2.56. The molecule has 0 heterocycles. The van der Waals surface area contributed by atoms with Crippen LogP contribution in [0.1, 0.15) is 25.7 Å². The Morgan fingerprint density at radius 1 is 0.962 bits per heavy atom. The number of carboxylic acid groups (broad SMARTS) is 1. The number of hydrogen-bond acceptors (Lipinski definition) is 7. The highest BCUT2D eigenvalue weighted by atomic mass is 16.4. The first-order chi connectivity index (χ1) is 12.2. The van der Waals surface area contributed by atoms with Gasteiger partial charge in [-0.1, -0.05) is 6.42 Å². The third-order valence-electron chi connectivity index (χ3n) is 3.21. The monoisotopic (exact) mass is 374 g/mol. The van der Waals surface area contributed by atoms with Crippen LogP contribution in [-0.4, -0.2) is 66.4 Å². The molecule has 0 aliphatic carbocycles. The molecule has 0 aliphatic rings. The van der Waals surface area contributed by atoms with Crippen LogP contribution in [0.5, 0.6) is 0 Å². The molecule has 0 aromatic heterocycles. The lowest BCUT2D eigenvalue weighted by Crippen LogP contribution is -2.49. The summed E-state index contributed by atoms with van der Waals surface area (Å²) in [4.78, 5) is 56.4. The van der Waals surface area contributed by atoms with Gasteiger partial charge in [0.1, 0.15) is 6.04 Å². The molecule has 26 heavy (non-hydrogen) atoms. The first kappa shape index (κ1) is 23.3. The summed E-state index contributed by atoms with van der Waals surface area (Å²) in [6.45, 7) is -0.416. The van der Waals surface area contributed by atoms with E-state index in [4.69, 9.17) is 22.3 Å². The molecule has 0 saturated carbocycles. The van der Waals surface area contributed by atoms with Gasteiger partial charge in [0.2, 0.25) is 23.6 Å². The second kappa shape index (κ2) is 12.6. The van der Waals surface area contributed by atoms with Crippen LogP contribution >= 0.6 is 0 Å². The molecule has 4 amide bonds. The third kappa shape index (κ3) is 10.9. The molecule has 0 radical (unpaired) electrons. The van der Waals surface area contributed by atoms with Crippen LogP contribution in [-0.2, 0) is 24.0 Å². The number of carboxylic acids is 1. The van der Waals surface area contributed by atoms with Crippen molar-refractivity contribution >= 4 is 29.6 Å². The lowest BCUT2D eigenvalue weighted by molar-refractivity contribution is -0.143. The first-order valence-electron chi connectivity index (χ1n) is 7.97. The molecule has 0 saturated heterocycles. The van der Waals surface area contributed by atoms with Crippen LogP contribution in [0, 0.1) is 0 Å². The van der Waals surface area contributed by atoms with Crippen molar-refractivity contribution in [2.24, 2.45) is 17.2 Å². The van der Waals surface area contributed by atoms with Gasteiger partial charge in [-0.3, -0.25) is 19.2 Å². The predicted molar refractivity (Wildman–Crippen MR) is 90.3 cm³/mol. The summed E-state index contributed by atoms with van der Waals surface area (Å²) in [5.74, 6) is -4.32. The van der Waals surface area contributed by atoms with Gasteiger partial charge in [0.25, 0.3) is 0 Å². The molecule has 148 valence electrons. The van der Waals surface area contributed by atoms with Crippen molar-refractivity contribution in [2.45, 2.75) is 37.8 Å². The van der Waals surface area contributed by atoms with Crippen LogP contribution in [0.4, 0.5) is 0 Å². The normalized spacial score (nSPS) is 12.5. The summed E-state index contributed by atoms with van der Waals surface area (Å²) in [6.07, 6.45) is 1.29. The number of amides is 4. The maximum Gasteiger partial charge on any atom is 0.326 e. The fraction of sp³-hybridized carbons (Fsp3) is 0.643. The maximum absolute atomic E-state index is 11.7. The Hall–Kier alpha value is -2.73. The summed E-state index contributed by atoms with van der Waals surface area (Å²) in [5.41, 5.74) is 15.9. The van der Waals surface area contributed by atoms with E-state index in [1.54, 1.807) is 0 Å². The molecule has 12 nitrogen and oxygen atoms in total. The van der Waals surface area contributed by atoms with Gasteiger partial charge in [0, 0.05) is 0 Å². The molecule has 2 atom stereocenters. The summed E-state index contributed by atoms with van der Waals surface area (Å²) in [6, 6.07) is -2.24. The van der Waals surface area contributed by atoms with E-state index in [0.29, 0.717) is 19.4 Å². The second-order valence-electron chi connectivity index (χ2n) is 5.51. The standard InChI is InChI=1S/C14H26N6O6/c15-4-2-1-3-8(16)13(24)19-6-11(22)18-7-12(23)20-9(14(25)26)5-10(17)21/h8-9H,1-7,15-16H2,(H2,17,21)(H,18,22)(H,19,24)(H,20,23)(H,25,26). The van der Waals surface area contributed by atoms with Crippen molar-refractivity contribution in [3.05, 3.63) is 0 Å². The van der Waals surface area contributed by atoms with Gasteiger partial charge in [-0.05, 0) is 19.4 Å². The second-order valence-corrected chi connectivity index (χ2v) is 5.51. The van der Waals surface area contributed by atoms with Crippen molar-refractivity contribution in [2.75, 3.05) is 19.6 Å². The number of primary amides is 1. The van der Waals surface area contributed by atoms with E-state index in [1.807, 2.05) is 5.32 Å². The Morgan fingerprint density at radius 2 is 1.58 bits per heavy atom. The molecule has 0 spiro atoms. The molecular weight excluding hydrogens is 348 g/mol. The Kier molecular flexibility index (Phi) is 11.3. The number of carbonyl (C=O) groups excluding carboxylic acids is 4. The van der Waals surface area contributed by atoms with Gasteiger partial charge in [-0.25, -0.2) is 4.79 Å². The minimum Gasteiger partial charge on any atom is -0.480 e. The fourth-order valence-corrected chi connectivity index (χ4v) is 1.83. The van der Waals surface area contributed by atoms with Gasteiger partial charge in [0.15, 0.2) is 0 Å². The van der Waals surface area contributed by atoms with E-state index in [1.165, 1.54) is 0 Å². The zero-order valence-electron chi connectivity index (χ0n) is 14.3. The van der Waals surface area contributed by atoms with Gasteiger partial charge >= 0.3 is 5.97 Å². The molecular formula is C14H26N6O6. The Labute approximate surface area is 150 Å². The van der Waals surface area contributed by atoms with Gasteiger partial charge < -0.3 is 38.3 Å². The van der Waals surface area contributed by atoms with Crippen molar-refractivity contribution < 1.29 is 29.1 Å². The summed E-state index contributed by atoms with van der Waals surface area (Å²) in [7, 11) is 0. The van der Waals surface area contributed by atoms with E-state index in [0.717, 1.165) is 6.42 Å². The first-order valence-corrected chi connectivity index (χ1v) is 7.97. The Balaban J connectivity index is 4.13.